The summed E-state index contributed by atoms with van der Waals surface area (Å²) in [5.41, 5.74) is 0. The number of hydrogen-bond acceptors (Lipinski definition) is 4. The van der Waals surface area contributed by atoms with Crippen LogP contribution in [0.4, 0.5) is 0 Å². The van der Waals surface area contributed by atoms with Crippen molar-refractivity contribution < 1.29 is 13.2 Å². The second-order valence-electron chi connectivity index (χ2n) is 7.31. The van der Waals surface area contributed by atoms with Crippen molar-refractivity contribution in [1.82, 2.24) is 14.1 Å². The number of halogens is 1. The molecule has 0 N–H and O–H groups in total. The molecule has 1 amide bonds. The average molecular weight is 414 g/mol. The summed E-state index contributed by atoms with van der Waals surface area (Å²) in [4.78, 5) is 17.2. The Balaban J connectivity index is 1.59. The lowest BCUT2D eigenvalue weighted by atomic mass is 10.2. The van der Waals surface area contributed by atoms with Gasteiger partial charge in [0.05, 0.1) is 10.9 Å². The van der Waals surface area contributed by atoms with Crippen molar-refractivity contribution in [2.24, 2.45) is 0 Å². The summed E-state index contributed by atoms with van der Waals surface area (Å²) in [7, 11) is -3.52. The smallest absolute Gasteiger partial charge is 0.243 e. The first kappa shape index (κ1) is 20.6. The van der Waals surface area contributed by atoms with Crippen LogP contribution in [0.1, 0.15) is 32.6 Å². The number of rotatable bonds is 4. The van der Waals surface area contributed by atoms with Gasteiger partial charge in [-0.2, -0.15) is 4.31 Å². The highest BCUT2D eigenvalue weighted by molar-refractivity contribution is 7.89. The van der Waals surface area contributed by atoms with E-state index in [0.717, 1.165) is 25.9 Å². The lowest BCUT2D eigenvalue weighted by molar-refractivity contribution is -0.136. The van der Waals surface area contributed by atoms with E-state index in [-0.39, 0.29) is 16.8 Å². The fourth-order valence-corrected chi connectivity index (χ4v) is 5.35. The highest BCUT2D eigenvalue weighted by Crippen LogP contribution is 2.21. The SMILES string of the molecule is C[C@@H](C(=O)N1CCCCCC1)N1CCN(S(=O)(=O)c2ccc(Cl)cc2)CC1. The summed E-state index contributed by atoms with van der Waals surface area (Å²) in [6.45, 7) is 5.53. The average Bonchev–Trinajstić information content (AvgIpc) is 2.97. The molecule has 3 rings (SSSR count). The molecular weight excluding hydrogens is 386 g/mol. The second kappa shape index (κ2) is 8.90. The van der Waals surface area contributed by atoms with Crippen molar-refractivity contribution in [2.75, 3.05) is 39.3 Å². The van der Waals surface area contributed by atoms with E-state index in [2.05, 4.69) is 4.90 Å². The molecule has 0 unspecified atom stereocenters. The first-order chi connectivity index (χ1) is 12.9. The van der Waals surface area contributed by atoms with Crippen LogP contribution in [0.25, 0.3) is 0 Å². The molecule has 0 aromatic heterocycles. The molecule has 0 aliphatic carbocycles. The molecule has 8 heteroatoms. The van der Waals surface area contributed by atoms with Gasteiger partial charge in [0.25, 0.3) is 0 Å². The Hall–Kier alpha value is -1.15. The highest BCUT2D eigenvalue weighted by Gasteiger charge is 2.33. The predicted octanol–water partition coefficient (Wildman–Crippen LogP) is 2.44. The molecule has 0 spiro atoms. The van der Waals surface area contributed by atoms with Crippen LogP contribution in [-0.4, -0.2) is 73.7 Å². The molecule has 1 aromatic rings. The maximum absolute atomic E-state index is 12.8. The fourth-order valence-electron chi connectivity index (χ4n) is 3.80. The maximum atomic E-state index is 12.8. The fraction of sp³-hybridized carbons (Fsp3) is 0.632. The van der Waals surface area contributed by atoms with Gasteiger partial charge in [0.1, 0.15) is 0 Å². The molecule has 2 aliphatic heterocycles. The van der Waals surface area contributed by atoms with Gasteiger partial charge < -0.3 is 4.90 Å². The van der Waals surface area contributed by atoms with Crippen LogP contribution in [0.5, 0.6) is 0 Å². The molecule has 6 nitrogen and oxygen atoms in total. The molecule has 2 fully saturated rings. The van der Waals surface area contributed by atoms with Gasteiger partial charge in [-0.25, -0.2) is 8.42 Å². The van der Waals surface area contributed by atoms with E-state index < -0.39 is 10.0 Å². The van der Waals surface area contributed by atoms with Crippen LogP contribution in [0, 0.1) is 0 Å². The van der Waals surface area contributed by atoms with Crippen LogP contribution < -0.4 is 0 Å². The number of benzene rings is 1. The topological polar surface area (TPSA) is 60.9 Å². The van der Waals surface area contributed by atoms with Crippen molar-refractivity contribution >= 4 is 27.5 Å². The third kappa shape index (κ3) is 4.83. The maximum Gasteiger partial charge on any atom is 0.243 e. The molecule has 150 valence electrons. The minimum Gasteiger partial charge on any atom is -0.341 e. The van der Waals surface area contributed by atoms with Crippen molar-refractivity contribution in [3.63, 3.8) is 0 Å². The van der Waals surface area contributed by atoms with Gasteiger partial charge in [0.2, 0.25) is 15.9 Å². The number of sulfonamides is 1. The summed E-state index contributed by atoms with van der Waals surface area (Å²) in [5.74, 6) is 0.172. The van der Waals surface area contributed by atoms with Gasteiger partial charge in [0.15, 0.2) is 0 Å². The van der Waals surface area contributed by atoms with Crippen molar-refractivity contribution in [1.29, 1.82) is 0 Å². The molecule has 1 atom stereocenters. The monoisotopic (exact) mass is 413 g/mol. The first-order valence-electron chi connectivity index (χ1n) is 9.68. The summed E-state index contributed by atoms with van der Waals surface area (Å²) in [6.07, 6.45) is 4.54. The number of hydrogen-bond donors (Lipinski definition) is 0. The van der Waals surface area contributed by atoms with Crippen molar-refractivity contribution in [3.05, 3.63) is 29.3 Å². The summed E-state index contributed by atoms with van der Waals surface area (Å²) >= 11 is 5.85. The molecule has 2 saturated heterocycles. The van der Waals surface area contributed by atoms with Gasteiger partial charge >= 0.3 is 0 Å². The van der Waals surface area contributed by atoms with Crippen LogP contribution in [-0.2, 0) is 14.8 Å². The van der Waals surface area contributed by atoms with Crippen LogP contribution in [0.15, 0.2) is 29.2 Å². The zero-order valence-corrected chi connectivity index (χ0v) is 17.4. The Bertz CT molecular complexity index is 738. The normalized spacial score (nSPS) is 21.6. The van der Waals surface area contributed by atoms with E-state index >= 15 is 0 Å². The van der Waals surface area contributed by atoms with Crippen LogP contribution >= 0.6 is 11.6 Å². The van der Waals surface area contributed by atoms with Gasteiger partial charge in [-0.05, 0) is 44.0 Å². The van der Waals surface area contributed by atoms with Crippen molar-refractivity contribution in [2.45, 2.75) is 43.5 Å². The Morgan fingerprint density at radius 3 is 2.04 bits per heavy atom. The van der Waals surface area contributed by atoms with Crippen LogP contribution in [0.2, 0.25) is 5.02 Å². The molecule has 0 bridgehead atoms. The zero-order chi connectivity index (χ0) is 19.4. The van der Waals surface area contributed by atoms with E-state index in [0.29, 0.717) is 31.2 Å². The first-order valence-corrected chi connectivity index (χ1v) is 11.5. The molecule has 0 saturated carbocycles. The standard InChI is InChI=1S/C19H28ClN3O3S/c1-16(19(24)22-10-4-2-3-5-11-22)21-12-14-23(15-13-21)27(25,26)18-8-6-17(20)7-9-18/h6-9,16H,2-5,10-15H2,1H3/t16-/m0/s1. The Kier molecular flexibility index (Phi) is 6.78. The number of carbonyl (C=O) groups excluding carboxylic acids is 1. The Morgan fingerprint density at radius 1 is 0.926 bits per heavy atom. The Morgan fingerprint density at radius 2 is 1.48 bits per heavy atom. The lowest BCUT2D eigenvalue weighted by Gasteiger charge is -2.38. The van der Waals surface area contributed by atoms with Crippen molar-refractivity contribution in [3.8, 4) is 0 Å². The van der Waals surface area contributed by atoms with Gasteiger partial charge in [-0.3, -0.25) is 9.69 Å². The quantitative estimate of drug-likeness (QED) is 0.760. The van der Waals surface area contributed by atoms with Gasteiger partial charge in [-0.1, -0.05) is 24.4 Å². The van der Waals surface area contributed by atoms with Crippen LogP contribution in [0.3, 0.4) is 0 Å². The van der Waals surface area contributed by atoms with E-state index in [1.807, 2.05) is 11.8 Å². The summed E-state index contributed by atoms with van der Waals surface area (Å²) in [5, 5.41) is 0.514. The molecule has 1 aromatic carbocycles. The molecular formula is C19H28ClN3O3S. The zero-order valence-electron chi connectivity index (χ0n) is 15.8. The lowest BCUT2D eigenvalue weighted by Crippen LogP contribution is -2.55. The molecule has 27 heavy (non-hydrogen) atoms. The van der Waals surface area contributed by atoms with Gasteiger partial charge in [-0.15, -0.1) is 0 Å². The second-order valence-corrected chi connectivity index (χ2v) is 9.68. The number of piperazine rings is 1. The molecule has 2 aliphatic rings. The molecule has 2 heterocycles. The third-order valence-electron chi connectivity index (χ3n) is 5.55. The predicted molar refractivity (Wildman–Crippen MR) is 106 cm³/mol. The van der Waals surface area contributed by atoms with E-state index in [9.17, 15) is 13.2 Å². The number of amides is 1. The van der Waals surface area contributed by atoms with E-state index in [1.165, 1.54) is 29.3 Å². The summed E-state index contributed by atoms with van der Waals surface area (Å²) in [6, 6.07) is 6.05. The Labute approximate surface area is 167 Å². The summed E-state index contributed by atoms with van der Waals surface area (Å²) < 4.78 is 27.1. The minimum absolute atomic E-state index is 0.172. The minimum atomic E-state index is -3.52. The highest BCUT2D eigenvalue weighted by atomic mass is 35.5. The van der Waals surface area contributed by atoms with E-state index in [1.54, 1.807) is 12.1 Å². The number of likely N-dealkylation sites (tertiary alicyclic amines) is 1. The largest absolute Gasteiger partial charge is 0.341 e. The van der Waals surface area contributed by atoms with E-state index in [4.69, 9.17) is 11.6 Å². The molecule has 0 radical (unpaired) electrons. The number of carbonyl (C=O) groups is 1. The van der Waals surface area contributed by atoms with Gasteiger partial charge in [0, 0.05) is 44.3 Å². The number of nitrogens with zero attached hydrogens (tertiary/aromatic N) is 3. The third-order valence-corrected chi connectivity index (χ3v) is 7.71.